The number of rotatable bonds is 4. The van der Waals surface area contributed by atoms with Crippen molar-refractivity contribution in [2.45, 2.75) is 67.7 Å². The monoisotopic (exact) mass is 395 g/mol. The molecule has 0 bridgehead atoms. The van der Waals surface area contributed by atoms with Gasteiger partial charge in [0, 0.05) is 17.5 Å². The molecule has 3 heteroatoms. The first-order valence-electron chi connectivity index (χ1n) is 11.2. The number of allylic oxidation sites excluding steroid dienone is 6. The summed E-state index contributed by atoms with van der Waals surface area (Å²) in [7, 11) is 0. The van der Waals surface area contributed by atoms with Crippen LogP contribution in [0.4, 0.5) is 0 Å². The minimum Gasteiger partial charge on any atom is -0.322 e. The number of Topliss-reactive ketones (excluding diaryl/α,β-unsaturated/α-hetero) is 1. The van der Waals surface area contributed by atoms with Gasteiger partial charge in [-0.05, 0) is 62.9 Å². The summed E-state index contributed by atoms with van der Waals surface area (Å²) in [6.07, 6.45) is 11.7. The van der Waals surface area contributed by atoms with E-state index in [2.05, 4.69) is 59.0 Å². The number of hydrogen-bond donors (Lipinski definition) is 1. The molecule has 158 valence electrons. The smallest absolute Gasteiger partial charge is 0.259 e. The number of ketones is 1. The summed E-state index contributed by atoms with van der Waals surface area (Å²) in [6, 6.07) is 0. The summed E-state index contributed by atoms with van der Waals surface area (Å²) in [5.41, 5.74) is 3.64. The van der Waals surface area contributed by atoms with Gasteiger partial charge in [0.1, 0.15) is 0 Å². The zero-order valence-electron chi connectivity index (χ0n) is 19.1. The Morgan fingerprint density at radius 3 is 2.62 bits per heavy atom. The number of amides is 1. The van der Waals surface area contributed by atoms with Crippen LogP contribution in [0, 0.1) is 35.0 Å². The predicted molar refractivity (Wildman–Crippen MR) is 119 cm³/mol. The molecule has 0 aromatic heterocycles. The molecule has 0 aromatic carbocycles. The lowest BCUT2D eigenvalue weighted by Gasteiger charge is -2.52. The van der Waals surface area contributed by atoms with Gasteiger partial charge in [0.05, 0.1) is 5.57 Å². The van der Waals surface area contributed by atoms with Crippen LogP contribution in [0.15, 0.2) is 46.7 Å². The molecule has 5 atom stereocenters. The van der Waals surface area contributed by atoms with E-state index in [4.69, 9.17) is 0 Å². The number of fused-ring (bicyclic) bond motifs is 1. The van der Waals surface area contributed by atoms with Gasteiger partial charge < -0.3 is 5.32 Å². The zero-order valence-corrected chi connectivity index (χ0v) is 19.1. The fourth-order valence-electron chi connectivity index (χ4n) is 6.10. The Labute approximate surface area is 176 Å². The van der Waals surface area contributed by atoms with E-state index in [-0.39, 0.29) is 34.9 Å². The van der Waals surface area contributed by atoms with E-state index in [0.29, 0.717) is 17.4 Å². The molecule has 1 N–H and O–H groups in total. The maximum atomic E-state index is 13.9. The van der Waals surface area contributed by atoms with Crippen LogP contribution in [-0.2, 0) is 9.59 Å². The molecule has 0 aromatic rings. The van der Waals surface area contributed by atoms with Gasteiger partial charge in [-0.2, -0.15) is 0 Å². The van der Waals surface area contributed by atoms with Crippen molar-refractivity contribution in [2.75, 3.05) is 0 Å². The molecule has 3 aliphatic rings. The molecule has 29 heavy (non-hydrogen) atoms. The van der Waals surface area contributed by atoms with Gasteiger partial charge in [-0.1, -0.05) is 63.5 Å². The lowest BCUT2D eigenvalue weighted by atomic mass is 9.52. The lowest BCUT2D eigenvalue weighted by Crippen LogP contribution is -2.48. The van der Waals surface area contributed by atoms with E-state index in [0.717, 1.165) is 25.0 Å². The first kappa shape index (κ1) is 21.8. The molecule has 0 unspecified atom stereocenters. The molecule has 1 amide bonds. The average molecular weight is 396 g/mol. The molecule has 1 aliphatic heterocycles. The Morgan fingerprint density at radius 2 is 2.00 bits per heavy atom. The van der Waals surface area contributed by atoms with Crippen molar-refractivity contribution < 1.29 is 9.59 Å². The summed E-state index contributed by atoms with van der Waals surface area (Å²) < 4.78 is 0. The quantitative estimate of drug-likeness (QED) is 0.486. The maximum absolute atomic E-state index is 13.9. The standard InChI is InChI=1S/C26H37NO2/c1-8-17(5)22-18(6)14-26(7)13-16(4)9-10-21(26)23(22)24(28)20-12-19(11-15(2)3)27-25(20)29/h8,11-12,14-16,21-23H,9-10,13H2,1-7H3,(H,27,29)/b17-8+,19-11+/t16-,21+,22-,23+,26+/m1/s1. The normalized spacial score (nSPS) is 36.6. The molecule has 0 spiro atoms. The third-order valence-corrected chi connectivity index (χ3v) is 7.28. The van der Waals surface area contributed by atoms with Crippen molar-refractivity contribution >= 4 is 11.7 Å². The minimum absolute atomic E-state index is 0.0266. The lowest BCUT2D eigenvalue weighted by molar-refractivity contribution is -0.128. The predicted octanol–water partition coefficient (Wildman–Crippen LogP) is 5.75. The highest BCUT2D eigenvalue weighted by molar-refractivity contribution is 6.22. The molecule has 3 nitrogen and oxygen atoms in total. The van der Waals surface area contributed by atoms with Crippen molar-refractivity contribution in [1.29, 1.82) is 0 Å². The van der Waals surface area contributed by atoms with Crippen LogP contribution in [0.25, 0.3) is 0 Å². The second kappa shape index (κ2) is 8.08. The van der Waals surface area contributed by atoms with Gasteiger partial charge >= 0.3 is 0 Å². The summed E-state index contributed by atoms with van der Waals surface area (Å²) >= 11 is 0. The third-order valence-electron chi connectivity index (χ3n) is 7.28. The highest BCUT2D eigenvalue weighted by atomic mass is 16.2. The summed E-state index contributed by atoms with van der Waals surface area (Å²) in [5.74, 6) is 0.981. The molecular weight excluding hydrogens is 358 g/mol. The van der Waals surface area contributed by atoms with Gasteiger partial charge in [-0.25, -0.2) is 0 Å². The first-order valence-corrected chi connectivity index (χ1v) is 11.2. The van der Waals surface area contributed by atoms with E-state index in [1.165, 1.54) is 11.1 Å². The van der Waals surface area contributed by atoms with Crippen LogP contribution in [0.1, 0.15) is 67.7 Å². The number of hydrogen-bond acceptors (Lipinski definition) is 2. The van der Waals surface area contributed by atoms with Crippen molar-refractivity contribution in [1.82, 2.24) is 5.32 Å². The Kier molecular flexibility index (Phi) is 6.08. The fourth-order valence-corrected chi connectivity index (χ4v) is 6.10. The van der Waals surface area contributed by atoms with Crippen LogP contribution < -0.4 is 5.32 Å². The zero-order chi connectivity index (χ0) is 21.5. The molecule has 0 saturated heterocycles. The first-order chi connectivity index (χ1) is 13.6. The van der Waals surface area contributed by atoms with E-state index in [9.17, 15) is 9.59 Å². The van der Waals surface area contributed by atoms with Gasteiger partial charge in [-0.15, -0.1) is 0 Å². The summed E-state index contributed by atoms with van der Waals surface area (Å²) in [4.78, 5) is 26.6. The number of nitrogens with one attached hydrogen (secondary N) is 1. The van der Waals surface area contributed by atoms with E-state index >= 15 is 0 Å². The molecule has 1 fully saturated rings. The number of carbonyl (C=O) groups excluding carboxylic acids is 2. The average Bonchev–Trinajstić information content (AvgIpc) is 2.97. The third kappa shape index (κ3) is 4.06. The van der Waals surface area contributed by atoms with E-state index < -0.39 is 0 Å². The minimum atomic E-state index is -0.239. The second-order valence-electron chi connectivity index (χ2n) is 10.2. The van der Waals surface area contributed by atoms with E-state index in [1.807, 2.05) is 13.0 Å². The van der Waals surface area contributed by atoms with Gasteiger partial charge in [0.2, 0.25) is 0 Å². The van der Waals surface area contributed by atoms with Crippen molar-refractivity contribution in [3.8, 4) is 0 Å². The molecule has 2 aliphatic carbocycles. The van der Waals surface area contributed by atoms with Crippen LogP contribution in [0.5, 0.6) is 0 Å². The highest BCUT2D eigenvalue weighted by Crippen LogP contribution is 2.56. The van der Waals surface area contributed by atoms with Crippen LogP contribution in [0.2, 0.25) is 0 Å². The van der Waals surface area contributed by atoms with E-state index in [1.54, 1.807) is 6.08 Å². The van der Waals surface area contributed by atoms with Crippen LogP contribution in [0.3, 0.4) is 0 Å². The fraction of sp³-hybridized carbons (Fsp3) is 0.615. The molecule has 1 saturated carbocycles. The Balaban J connectivity index is 2.07. The topological polar surface area (TPSA) is 46.2 Å². The van der Waals surface area contributed by atoms with Crippen molar-refractivity contribution in [3.63, 3.8) is 0 Å². The van der Waals surface area contributed by atoms with Crippen LogP contribution >= 0.6 is 0 Å². The highest BCUT2D eigenvalue weighted by Gasteiger charge is 2.51. The van der Waals surface area contributed by atoms with Crippen molar-refractivity contribution in [3.05, 3.63) is 46.7 Å². The largest absolute Gasteiger partial charge is 0.322 e. The summed E-state index contributed by atoms with van der Waals surface area (Å²) in [5, 5.41) is 2.89. The Morgan fingerprint density at radius 1 is 1.31 bits per heavy atom. The van der Waals surface area contributed by atoms with Crippen molar-refractivity contribution in [2.24, 2.45) is 35.0 Å². The second-order valence-corrected chi connectivity index (χ2v) is 10.2. The Bertz CT molecular complexity index is 826. The number of carbonyl (C=O) groups is 2. The maximum Gasteiger partial charge on any atom is 0.259 e. The van der Waals surface area contributed by atoms with Gasteiger partial charge in [0.25, 0.3) is 5.91 Å². The SMILES string of the molecule is C/C=C(\C)[C@@H]1C(C)=C[C@]2(C)C[C@H](C)CC[C@H]2[C@@H]1C(=O)C1=C/C(=C\C(C)C)NC1=O. The molecule has 0 radical (unpaired) electrons. The Hall–Kier alpha value is -1.90. The van der Waals surface area contributed by atoms with Gasteiger partial charge in [0.15, 0.2) is 5.78 Å². The summed E-state index contributed by atoms with van der Waals surface area (Å²) in [6.45, 7) is 15.1. The molecular formula is C26H37NO2. The van der Waals surface area contributed by atoms with Gasteiger partial charge in [-0.3, -0.25) is 9.59 Å². The molecule has 1 heterocycles. The molecule has 3 rings (SSSR count). The van der Waals surface area contributed by atoms with Crippen LogP contribution in [-0.4, -0.2) is 11.7 Å².